The average molecular weight is 431 g/mol. The van der Waals surface area contributed by atoms with Crippen LogP contribution in [0.5, 0.6) is 11.5 Å². The summed E-state index contributed by atoms with van der Waals surface area (Å²) in [4.78, 5) is 24.4. The van der Waals surface area contributed by atoms with Crippen LogP contribution in [-0.4, -0.2) is 24.7 Å². The molecule has 0 heterocycles. The lowest BCUT2D eigenvalue weighted by atomic mass is 10.1. The monoisotopic (exact) mass is 430 g/mol. The molecule has 0 saturated carbocycles. The largest absolute Gasteiger partial charge is 0.494 e. The molecular formula is C26H26N2O4. The molecule has 3 aromatic rings. The Morgan fingerprint density at radius 3 is 2.34 bits per heavy atom. The Morgan fingerprint density at radius 1 is 0.938 bits per heavy atom. The van der Waals surface area contributed by atoms with Gasteiger partial charge >= 0.3 is 5.97 Å². The molecule has 0 saturated heterocycles. The van der Waals surface area contributed by atoms with Gasteiger partial charge in [-0.3, -0.25) is 4.79 Å². The van der Waals surface area contributed by atoms with E-state index >= 15 is 0 Å². The number of rotatable bonds is 9. The Morgan fingerprint density at radius 2 is 1.66 bits per heavy atom. The van der Waals surface area contributed by atoms with E-state index in [0.717, 1.165) is 29.7 Å². The van der Waals surface area contributed by atoms with Gasteiger partial charge in [0.25, 0.3) is 5.91 Å². The van der Waals surface area contributed by atoms with Crippen LogP contribution < -0.4 is 14.9 Å². The number of unbranched alkanes of at least 4 members (excludes halogenated alkanes) is 1. The second kappa shape index (κ2) is 11.5. The Bertz CT molecular complexity index is 1070. The van der Waals surface area contributed by atoms with E-state index in [-0.39, 0.29) is 5.91 Å². The van der Waals surface area contributed by atoms with Crippen molar-refractivity contribution in [1.29, 1.82) is 0 Å². The summed E-state index contributed by atoms with van der Waals surface area (Å²) in [6.07, 6.45) is 3.58. The molecule has 32 heavy (non-hydrogen) atoms. The second-order valence-corrected chi connectivity index (χ2v) is 7.25. The SMILES string of the molecule is CCCCOc1ccc(C(=O)Oc2ccc(/C=N/NC(=O)c3cccc(C)c3)cc2)cc1. The van der Waals surface area contributed by atoms with Crippen molar-refractivity contribution in [2.75, 3.05) is 6.61 Å². The summed E-state index contributed by atoms with van der Waals surface area (Å²) in [5.41, 5.74) is 5.24. The highest BCUT2D eigenvalue weighted by atomic mass is 16.5. The van der Waals surface area contributed by atoms with Gasteiger partial charge in [0.05, 0.1) is 18.4 Å². The molecule has 0 aromatic heterocycles. The average Bonchev–Trinajstić information content (AvgIpc) is 2.81. The molecule has 164 valence electrons. The lowest BCUT2D eigenvalue weighted by Crippen LogP contribution is -2.17. The molecule has 6 nitrogen and oxygen atoms in total. The third kappa shape index (κ3) is 6.80. The van der Waals surface area contributed by atoms with Crippen molar-refractivity contribution in [3.63, 3.8) is 0 Å². The van der Waals surface area contributed by atoms with E-state index in [9.17, 15) is 9.59 Å². The van der Waals surface area contributed by atoms with E-state index < -0.39 is 5.97 Å². The van der Waals surface area contributed by atoms with E-state index in [1.165, 1.54) is 6.21 Å². The van der Waals surface area contributed by atoms with Gasteiger partial charge in [-0.15, -0.1) is 0 Å². The number of amides is 1. The van der Waals surface area contributed by atoms with E-state index in [1.807, 2.05) is 19.1 Å². The van der Waals surface area contributed by atoms with Gasteiger partial charge in [0, 0.05) is 5.56 Å². The summed E-state index contributed by atoms with van der Waals surface area (Å²) < 4.78 is 11.0. The summed E-state index contributed by atoms with van der Waals surface area (Å²) in [6, 6.07) is 21.0. The Kier molecular flexibility index (Phi) is 8.15. The maximum Gasteiger partial charge on any atom is 0.343 e. The molecule has 0 spiro atoms. The molecule has 0 bridgehead atoms. The maximum absolute atomic E-state index is 12.3. The van der Waals surface area contributed by atoms with Crippen molar-refractivity contribution in [3.8, 4) is 11.5 Å². The number of nitrogens with zero attached hydrogens (tertiary/aromatic N) is 1. The summed E-state index contributed by atoms with van der Waals surface area (Å²) in [5.74, 6) is 0.418. The highest BCUT2D eigenvalue weighted by Gasteiger charge is 2.09. The minimum absolute atomic E-state index is 0.280. The third-order valence-electron chi connectivity index (χ3n) is 4.61. The van der Waals surface area contributed by atoms with Gasteiger partial charge in [-0.25, -0.2) is 10.2 Å². The van der Waals surface area contributed by atoms with Gasteiger partial charge in [-0.05, 0) is 79.6 Å². The van der Waals surface area contributed by atoms with Gasteiger partial charge < -0.3 is 9.47 Å². The van der Waals surface area contributed by atoms with Crippen molar-refractivity contribution >= 4 is 18.1 Å². The molecule has 0 atom stereocenters. The molecule has 0 fully saturated rings. The normalized spacial score (nSPS) is 10.7. The van der Waals surface area contributed by atoms with Crippen LogP contribution in [0, 0.1) is 6.92 Å². The molecule has 0 unspecified atom stereocenters. The molecule has 0 aliphatic heterocycles. The zero-order chi connectivity index (χ0) is 22.8. The topological polar surface area (TPSA) is 77.0 Å². The van der Waals surface area contributed by atoms with Crippen LogP contribution in [0.3, 0.4) is 0 Å². The van der Waals surface area contributed by atoms with Gasteiger partial charge in [-0.1, -0.05) is 31.0 Å². The fourth-order valence-electron chi connectivity index (χ4n) is 2.83. The number of ether oxygens (including phenoxy) is 2. The fourth-order valence-corrected chi connectivity index (χ4v) is 2.83. The Labute approximate surface area is 187 Å². The molecule has 0 aliphatic carbocycles. The Hall–Kier alpha value is -3.93. The molecule has 3 rings (SSSR count). The van der Waals surface area contributed by atoms with Crippen LogP contribution in [0.15, 0.2) is 77.9 Å². The zero-order valence-corrected chi connectivity index (χ0v) is 18.2. The summed E-state index contributed by atoms with van der Waals surface area (Å²) in [5, 5.41) is 3.98. The first-order valence-electron chi connectivity index (χ1n) is 10.5. The highest BCUT2D eigenvalue weighted by Crippen LogP contribution is 2.17. The van der Waals surface area contributed by atoms with Crippen LogP contribution in [0.25, 0.3) is 0 Å². The Balaban J connectivity index is 1.51. The standard InChI is InChI=1S/C26H26N2O4/c1-3-4-16-31-23-14-10-21(11-15-23)26(30)32-24-12-8-20(9-13-24)18-27-28-25(29)22-7-5-6-19(2)17-22/h5-15,17-18H,3-4,16H2,1-2H3,(H,28,29)/b27-18+. The molecule has 0 radical (unpaired) electrons. The number of nitrogens with one attached hydrogen (secondary N) is 1. The molecule has 1 N–H and O–H groups in total. The van der Waals surface area contributed by atoms with Crippen molar-refractivity contribution in [3.05, 3.63) is 95.1 Å². The number of esters is 1. The number of carbonyl (C=O) groups is 2. The lowest BCUT2D eigenvalue weighted by molar-refractivity contribution is 0.0734. The summed E-state index contributed by atoms with van der Waals surface area (Å²) in [7, 11) is 0. The quantitative estimate of drug-likeness (QED) is 0.167. The smallest absolute Gasteiger partial charge is 0.343 e. The van der Waals surface area contributed by atoms with E-state index in [2.05, 4.69) is 17.5 Å². The molecule has 3 aromatic carbocycles. The number of hydrogen-bond acceptors (Lipinski definition) is 5. The van der Waals surface area contributed by atoms with Crippen LogP contribution in [-0.2, 0) is 0 Å². The predicted molar refractivity (Wildman–Crippen MR) is 124 cm³/mol. The lowest BCUT2D eigenvalue weighted by Gasteiger charge is -2.07. The van der Waals surface area contributed by atoms with E-state index in [4.69, 9.17) is 9.47 Å². The van der Waals surface area contributed by atoms with Crippen molar-refractivity contribution in [2.24, 2.45) is 5.10 Å². The number of hydrazone groups is 1. The fraction of sp³-hybridized carbons (Fsp3) is 0.192. The van der Waals surface area contributed by atoms with Crippen molar-refractivity contribution in [1.82, 2.24) is 5.43 Å². The van der Waals surface area contributed by atoms with Crippen LogP contribution in [0.2, 0.25) is 0 Å². The van der Waals surface area contributed by atoms with Gasteiger partial charge in [-0.2, -0.15) is 5.10 Å². The van der Waals surface area contributed by atoms with Crippen LogP contribution >= 0.6 is 0 Å². The molecule has 0 aliphatic rings. The molecule has 6 heteroatoms. The number of benzene rings is 3. The highest BCUT2D eigenvalue weighted by molar-refractivity contribution is 5.95. The van der Waals surface area contributed by atoms with E-state index in [1.54, 1.807) is 60.7 Å². The third-order valence-corrected chi connectivity index (χ3v) is 4.61. The predicted octanol–water partition coefficient (Wildman–Crippen LogP) is 5.16. The minimum Gasteiger partial charge on any atom is -0.494 e. The zero-order valence-electron chi connectivity index (χ0n) is 18.2. The van der Waals surface area contributed by atoms with Crippen LogP contribution in [0.1, 0.15) is 51.6 Å². The summed E-state index contributed by atoms with van der Waals surface area (Å²) in [6.45, 7) is 4.68. The minimum atomic E-state index is -0.447. The summed E-state index contributed by atoms with van der Waals surface area (Å²) >= 11 is 0. The van der Waals surface area contributed by atoms with E-state index in [0.29, 0.717) is 23.5 Å². The number of carbonyl (C=O) groups excluding carboxylic acids is 2. The molecule has 1 amide bonds. The number of aryl methyl sites for hydroxylation is 1. The van der Waals surface area contributed by atoms with Gasteiger partial charge in [0.2, 0.25) is 0 Å². The van der Waals surface area contributed by atoms with Gasteiger partial charge in [0.1, 0.15) is 11.5 Å². The number of hydrogen-bond donors (Lipinski definition) is 1. The second-order valence-electron chi connectivity index (χ2n) is 7.25. The first-order valence-corrected chi connectivity index (χ1v) is 10.5. The molecular weight excluding hydrogens is 404 g/mol. The van der Waals surface area contributed by atoms with Crippen molar-refractivity contribution < 1.29 is 19.1 Å². The first kappa shape index (κ1) is 22.7. The maximum atomic E-state index is 12.3. The van der Waals surface area contributed by atoms with Crippen molar-refractivity contribution in [2.45, 2.75) is 26.7 Å². The van der Waals surface area contributed by atoms with Crippen LogP contribution in [0.4, 0.5) is 0 Å². The van der Waals surface area contributed by atoms with Gasteiger partial charge in [0.15, 0.2) is 0 Å². The first-order chi connectivity index (χ1) is 15.5.